The van der Waals surface area contributed by atoms with Crippen LogP contribution >= 0.6 is 0 Å². The van der Waals surface area contributed by atoms with Gasteiger partial charge in [-0.25, -0.2) is 0 Å². The van der Waals surface area contributed by atoms with Crippen molar-refractivity contribution in [3.8, 4) is 11.1 Å². The summed E-state index contributed by atoms with van der Waals surface area (Å²) in [6, 6.07) is 27.5. The molecule has 4 rings (SSSR count). The number of rotatable bonds is 3. The summed E-state index contributed by atoms with van der Waals surface area (Å²) in [5.74, 6) is 0. The molecule has 0 radical (unpaired) electrons. The quantitative estimate of drug-likeness (QED) is 0.427. The fourth-order valence-corrected chi connectivity index (χ4v) is 3.25. The Hall–Kier alpha value is -3.12. The van der Waals surface area contributed by atoms with Crippen molar-refractivity contribution in [2.24, 2.45) is 0 Å². The molecule has 0 spiro atoms. The van der Waals surface area contributed by atoms with E-state index in [9.17, 15) is 0 Å². The fourth-order valence-electron chi connectivity index (χ4n) is 3.25. The minimum atomic E-state index is 1.11. The molecule has 0 fully saturated rings. The van der Waals surface area contributed by atoms with Crippen LogP contribution in [0.1, 0.15) is 30.5 Å². The van der Waals surface area contributed by atoms with E-state index < -0.39 is 0 Å². The second-order valence-corrected chi connectivity index (χ2v) is 6.71. The van der Waals surface area contributed by atoms with Crippen molar-refractivity contribution >= 4 is 12.2 Å². The van der Waals surface area contributed by atoms with Crippen LogP contribution in [-0.4, -0.2) is 0 Å². The Balaban J connectivity index is 0.000000168. The molecule has 3 aromatic rings. The molecule has 0 saturated carbocycles. The van der Waals surface area contributed by atoms with E-state index in [-0.39, 0.29) is 0 Å². The Labute approximate surface area is 163 Å². The molecule has 0 heteroatoms. The Morgan fingerprint density at radius 3 is 2.15 bits per heavy atom. The molecule has 0 bridgehead atoms. The van der Waals surface area contributed by atoms with Crippen LogP contribution in [0.15, 0.2) is 103 Å². The van der Waals surface area contributed by atoms with Gasteiger partial charge in [0.25, 0.3) is 0 Å². The predicted octanol–water partition coefficient (Wildman–Crippen LogP) is 7.59. The van der Waals surface area contributed by atoms with Gasteiger partial charge in [-0.05, 0) is 48.1 Å². The monoisotopic (exact) mass is 350 g/mol. The van der Waals surface area contributed by atoms with Gasteiger partial charge >= 0.3 is 0 Å². The zero-order chi connectivity index (χ0) is 18.9. The first kappa shape index (κ1) is 18.7. The van der Waals surface area contributed by atoms with Crippen LogP contribution in [0, 0.1) is 0 Å². The molecular weight excluding hydrogens is 324 g/mol. The Bertz CT molecular complexity index is 942. The van der Waals surface area contributed by atoms with E-state index in [1.807, 2.05) is 43.4 Å². The summed E-state index contributed by atoms with van der Waals surface area (Å²) in [7, 11) is 0. The van der Waals surface area contributed by atoms with Crippen LogP contribution in [0.25, 0.3) is 23.3 Å². The van der Waals surface area contributed by atoms with Gasteiger partial charge in [-0.15, -0.1) is 0 Å². The number of fused-ring (bicyclic) bond motifs is 1. The number of hydrogen-bond donors (Lipinski definition) is 0. The van der Waals surface area contributed by atoms with Crippen molar-refractivity contribution in [2.45, 2.75) is 20.3 Å². The van der Waals surface area contributed by atoms with Crippen LogP contribution in [0.5, 0.6) is 0 Å². The lowest BCUT2D eigenvalue weighted by Gasteiger charge is -2.07. The summed E-state index contributed by atoms with van der Waals surface area (Å²) in [4.78, 5) is 0. The van der Waals surface area contributed by atoms with Crippen molar-refractivity contribution in [1.29, 1.82) is 0 Å². The lowest BCUT2D eigenvalue weighted by molar-refractivity contribution is 1.20. The maximum atomic E-state index is 2.32. The minimum Gasteiger partial charge on any atom is -0.0877 e. The van der Waals surface area contributed by atoms with E-state index in [4.69, 9.17) is 0 Å². The molecule has 0 heterocycles. The first-order valence-electron chi connectivity index (χ1n) is 9.47. The zero-order valence-corrected chi connectivity index (χ0v) is 16.1. The van der Waals surface area contributed by atoms with Gasteiger partial charge in [0.05, 0.1) is 0 Å². The van der Waals surface area contributed by atoms with E-state index >= 15 is 0 Å². The van der Waals surface area contributed by atoms with Crippen molar-refractivity contribution in [3.05, 3.63) is 119 Å². The van der Waals surface area contributed by atoms with Gasteiger partial charge in [-0.3, -0.25) is 0 Å². The number of benzene rings is 3. The molecular formula is C27H26. The average Bonchev–Trinajstić information content (AvgIpc) is 3.10. The van der Waals surface area contributed by atoms with Crippen molar-refractivity contribution in [1.82, 2.24) is 0 Å². The first-order chi connectivity index (χ1) is 13.3. The summed E-state index contributed by atoms with van der Waals surface area (Å²) < 4.78 is 0. The fraction of sp³-hybridized carbons (Fsp3) is 0.111. The van der Waals surface area contributed by atoms with Gasteiger partial charge in [0.15, 0.2) is 0 Å². The van der Waals surface area contributed by atoms with Gasteiger partial charge in [0.1, 0.15) is 0 Å². The molecule has 0 unspecified atom stereocenters. The lowest BCUT2D eigenvalue weighted by Crippen LogP contribution is -1.86. The van der Waals surface area contributed by atoms with Crippen LogP contribution < -0.4 is 0 Å². The second-order valence-electron chi connectivity index (χ2n) is 6.71. The van der Waals surface area contributed by atoms with Gasteiger partial charge < -0.3 is 0 Å². The van der Waals surface area contributed by atoms with Gasteiger partial charge in [-0.1, -0.05) is 115 Å². The standard InChI is InChI=1S/C16H14.C11H12/c1-12-10-14-8-5-9-15(16(14)11-12)13-6-3-2-4-7-13;1-2-3-5-8-11-9-6-4-7-10-11/h2-9,11H,10H2,1H3;2-10H,1H3. The molecule has 0 atom stereocenters. The summed E-state index contributed by atoms with van der Waals surface area (Å²) in [5.41, 5.74) is 8.23. The number of hydrogen-bond acceptors (Lipinski definition) is 0. The molecule has 0 aliphatic heterocycles. The smallest absolute Gasteiger partial charge is 0.00604 e. The largest absolute Gasteiger partial charge is 0.0877 e. The SMILES string of the molecule is CC1=Cc2c(cccc2-c2ccccc2)C1.CC=CC=Cc1ccccc1. The summed E-state index contributed by atoms with van der Waals surface area (Å²) >= 11 is 0. The molecule has 1 aliphatic carbocycles. The third kappa shape index (κ3) is 5.18. The van der Waals surface area contributed by atoms with E-state index in [0.29, 0.717) is 0 Å². The van der Waals surface area contributed by atoms with E-state index in [1.165, 1.54) is 33.4 Å². The van der Waals surface area contributed by atoms with Gasteiger partial charge in [0, 0.05) is 0 Å². The van der Waals surface area contributed by atoms with Gasteiger partial charge in [-0.2, -0.15) is 0 Å². The highest BCUT2D eigenvalue weighted by atomic mass is 14.2. The van der Waals surface area contributed by atoms with E-state index in [0.717, 1.165) is 6.42 Å². The lowest BCUT2D eigenvalue weighted by atomic mass is 9.97. The summed E-state index contributed by atoms with van der Waals surface area (Å²) in [6.07, 6.45) is 11.6. The first-order valence-corrected chi connectivity index (χ1v) is 9.47. The molecule has 0 nitrogen and oxygen atoms in total. The van der Waals surface area contributed by atoms with E-state index in [1.54, 1.807) is 0 Å². The van der Waals surface area contributed by atoms with Crippen molar-refractivity contribution in [2.75, 3.05) is 0 Å². The molecule has 3 aromatic carbocycles. The highest BCUT2D eigenvalue weighted by molar-refractivity contribution is 5.80. The predicted molar refractivity (Wildman–Crippen MR) is 120 cm³/mol. The van der Waals surface area contributed by atoms with Crippen LogP contribution in [0.3, 0.4) is 0 Å². The maximum Gasteiger partial charge on any atom is -0.00604 e. The number of allylic oxidation sites excluding steroid dienone is 4. The van der Waals surface area contributed by atoms with Crippen LogP contribution in [0.2, 0.25) is 0 Å². The topological polar surface area (TPSA) is 0 Å². The van der Waals surface area contributed by atoms with Crippen molar-refractivity contribution < 1.29 is 0 Å². The maximum absolute atomic E-state index is 2.32. The highest BCUT2D eigenvalue weighted by Gasteiger charge is 2.13. The summed E-state index contributed by atoms with van der Waals surface area (Å²) in [6.45, 7) is 4.21. The van der Waals surface area contributed by atoms with Crippen LogP contribution in [-0.2, 0) is 6.42 Å². The Morgan fingerprint density at radius 2 is 1.44 bits per heavy atom. The molecule has 27 heavy (non-hydrogen) atoms. The zero-order valence-electron chi connectivity index (χ0n) is 16.1. The normalized spacial score (nSPS) is 12.6. The van der Waals surface area contributed by atoms with E-state index in [2.05, 4.69) is 79.7 Å². The molecule has 1 aliphatic rings. The molecule has 0 aromatic heterocycles. The molecule has 134 valence electrons. The summed E-state index contributed by atoms with van der Waals surface area (Å²) in [5, 5.41) is 0. The van der Waals surface area contributed by atoms with Gasteiger partial charge in [0.2, 0.25) is 0 Å². The van der Waals surface area contributed by atoms with Crippen LogP contribution in [0.4, 0.5) is 0 Å². The average molecular weight is 351 g/mol. The molecule has 0 amide bonds. The second kappa shape index (κ2) is 9.54. The van der Waals surface area contributed by atoms with Crippen molar-refractivity contribution in [3.63, 3.8) is 0 Å². The Kier molecular flexibility index (Phi) is 6.60. The third-order valence-corrected chi connectivity index (χ3v) is 4.53. The Morgan fingerprint density at radius 1 is 0.741 bits per heavy atom. The highest BCUT2D eigenvalue weighted by Crippen LogP contribution is 2.33. The minimum absolute atomic E-state index is 1.11. The third-order valence-electron chi connectivity index (χ3n) is 4.53. The molecule has 0 N–H and O–H groups in total. The molecule has 0 saturated heterocycles.